The summed E-state index contributed by atoms with van der Waals surface area (Å²) in [5.41, 5.74) is 2.03. The van der Waals surface area contributed by atoms with Crippen LogP contribution in [0.2, 0.25) is 0 Å². The van der Waals surface area contributed by atoms with Gasteiger partial charge in [-0.05, 0) is 72.5 Å². The van der Waals surface area contributed by atoms with Crippen molar-refractivity contribution in [3.63, 3.8) is 0 Å². The second-order valence-electron chi connectivity index (χ2n) is 7.99. The van der Waals surface area contributed by atoms with Crippen LogP contribution in [-0.2, 0) is 17.8 Å². The van der Waals surface area contributed by atoms with Crippen molar-refractivity contribution in [2.75, 3.05) is 7.11 Å². The molecular formula is C27H29NO6. The number of phenols is 1. The number of aromatic hydroxyl groups is 1. The highest BCUT2D eigenvalue weighted by molar-refractivity contribution is 5.97. The monoisotopic (exact) mass is 463 g/mol. The minimum absolute atomic E-state index is 0.170. The molecule has 3 N–H and O–H groups in total. The van der Waals surface area contributed by atoms with Crippen LogP contribution in [0.15, 0.2) is 66.7 Å². The van der Waals surface area contributed by atoms with E-state index in [4.69, 9.17) is 9.47 Å². The summed E-state index contributed by atoms with van der Waals surface area (Å²) in [4.78, 5) is 24.4. The molecule has 7 nitrogen and oxygen atoms in total. The van der Waals surface area contributed by atoms with Gasteiger partial charge in [0.15, 0.2) is 0 Å². The summed E-state index contributed by atoms with van der Waals surface area (Å²) >= 11 is 0. The summed E-state index contributed by atoms with van der Waals surface area (Å²) in [7, 11) is 1.50. The first-order valence-corrected chi connectivity index (χ1v) is 11.1. The number of hydrogen-bond acceptors (Lipinski definition) is 5. The first-order valence-electron chi connectivity index (χ1n) is 11.1. The molecule has 0 heterocycles. The van der Waals surface area contributed by atoms with Gasteiger partial charge in [0, 0.05) is 6.54 Å². The number of carbonyl (C=O) groups is 2. The first-order chi connectivity index (χ1) is 16.4. The average molecular weight is 464 g/mol. The number of carbonyl (C=O) groups excluding carboxylic acids is 1. The van der Waals surface area contributed by atoms with E-state index in [0.29, 0.717) is 42.2 Å². The van der Waals surface area contributed by atoms with Crippen LogP contribution < -0.4 is 14.8 Å². The summed E-state index contributed by atoms with van der Waals surface area (Å²) in [5.74, 6) is 0.221. The molecule has 3 aromatic rings. The fourth-order valence-corrected chi connectivity index (χ4v) is 3.61. The van der Waals surface area contributed by atoms with E-state index in [1.54, 1.807) is 54.6 Å². The van der Waals surface area contributed by atoms with E-state index in [9.17, 15) is 19.8 Å². The van der Waals surface area contributed by atoms with Crippen LogP contribution in [0, 0.1) is 5.92 Å². The zero-order valence-electron chi connectivity index (χ0n) is 19.3. The van der Waals surface area contributed by atoms with Crippen molar-refractivity contribution >= 4 is 11.9 Å². The van der Waals surface area contributed by atoms with Gasteiger partial charge in [-0.2, -0.15) is 0 Å². The number of rotatable bonds is 11. The third kappa shape index (κ3) is 6.75. The van der Waals surface area contributed by atoms with Crippen LogP contribution >= 0.6 is 0 Å². The smallest absolute Gasteiger partial charge is 0.306 e. The number of nitrogens with one attached hydrogen (secondary N) is 1. The summed E-state index contributed by atoms with van der Waals surface area (Å²) < 4.78 is 11.1. The maximum atomic E-state index is 12.9. The van der Waals surface area contributed by atoms with Gasteiger partial charge in [0.25, 0.3) is 5.91 Å². The van der Waals surface area contributed by atoms with E-state index in [-0.39, 0.29) is 11.7 Å². The number of methoxy groups -OCH3 is 1. The first kappa shape index (κ1) is 24.6. The summed E-state index contributed by atoms with van der Waals surface area (Å²) in [6, 6.07) is 19.0. The lowest BCUT2D eigenvalue weighted by atomic mass is 9.94. The minimum atomic E-state index is -0.832. The van der Waals surface area contributed by atoms with Gasteiger partial charge in [0.05, 0.1) is 18.6 Å². The molecule has 34 heavy (non-hydrogen) atoms. The molecule has 178 valence electrons. The van der Waals surface area contributed by atoms with Crippen molar-refractivity contribution in [1.29, 1.82) is 0 Å². The van der Waals surface area contributed by atoms with Crippen molar-refractivity contribution in [1.82, 2.24) is 5.32 Å². The van der Waals surface area contributed by atoms with Gasteiger partial charge in [0.1, 0.15) is 23.0 Å². The molecule has 0 spiro atoms. The highest BCUT2D eigenvalue weighted by atomic mass is 16.5. The minimum Gasteiger partial charge on any atom is -0.508 e. The second-order valence-corrected chi connectivity index (χ2v) is 7.99. The van der Waals surface area contributed by atoms with E-state index in [1.807, 2.05) is 19.1 Å². The standard InChI is InChI=1S/C27H29NO6/c1-3-4-20(27(31)32)15-19-7-14-25(33-2)24(16-19)26(30)28-17-18-5-10-22(11-6-18)34-23-12-8-21(29)9-13-23/h5-14,16,20,29H,3-4,15,17H2,1-2H3,(H,28,30)(H,31,32)/t20-/m0/s1. The summed E-state index contributed by atoms with van der Waals surface area (Å²) in [6.07, 6.45) is 1.71. The van der Waals surface area contributed by atoms with Crippen LogP contribution in [0.4, 0.5) is 0 Å². The third-order valence-corrected chi connectivity index (χ3v) is 5.43. The normalized spacial score (nSPS) is 11.5. The predicted octanol–water partition coefficient (Wildman–Crippen LogP) is 5.17. The van der Waals surface area contributed by atoms with Crippen molar-refractivity contribution in [3.05, 3.63) is 83.4 Å². The molecular weight excluding hydrogens is 434 g/mol. The second kappa shape index (κ2) is 11.7. The Morgan fingerprint density at radius 1 is 0.941 bits per heavy atom. The predicted molar refractivity (Wildman–Crippen MR) is 129 cm³/mol. The van der Waals surface area contributed by atoms with Crippen LogP contribution in [-0.4, -0.2) is 29.2 Å². The van der Waals surface area contributed by atoms with E-state index in [2.05, 4.69) is 5.32 Å². The van der Waals surface area contributed by atoms with Crippen LogP contribution in [0.3, 0.4) is 0 Å². The Labute approximate surface area is 199 Å². The largest absolute Gasteiger partial charge is 0.508 e. The molecule has 1 amide bonds. The number of phenolic OH excluding ortho intramolecular Hbond substituents is 1. The molecule has 0 bridgehead atoms. The van der Waals surface area contributed by atoms with Gasteiger partial charge < -0.3 is 25.0 Å². The molecule has 0 saturated carbocycles. The van der Waals surface area contributed by atoms with Crippen LogP contribution in [0.5, 0.6) is 23.0 Å². The highest BCUT2D eigenvalue weighted by Crippen LogP contribution is 2.25. The highest BCUT2D eigenvalue weighted by Gasteiger charge is 2.19. The maximum absolute atomic E-state index is 12.9. The zero-order chi connectivity index (χ0) is 24.5. The van der Waals surface area contributed by atoms with E-state index >= 15 is 0 Å². The summed E-state index contributed by atoms with van der Waals surface area (Å²) in [6.45, 7) is 2.26. The fourth-order valence-electron chi connectivity index (χ4n) is 3.61. The molecule has 1 atom stereocenters. The quantitative estimate of drug-likeness (QED) is 0.362. The molecule has 0 aromatic heterocycles. The molecule has 0 fully saturated rings. The SMILES string of the molecule is CCC[C@@H](Cc1ccc(OC)c(C(=O)NCc2ccc(Oc3ccc(O)cc3)cc2)c1)C(=O)O. The van der Waals surface area contributed by atoms with E-state index < -0.39 is 11.9 Å². The number of carboxylic acids is 1. The van der Waals surface area contributed by atoms with E-state index in [1.165, 1.54) is 7.11 Å². The van der Waals surface area contributed by atoms with Gasteiger partial charge in [-0.25, -0.2) is 0 Å². The average Bonchev–Trinajstić information content (AvgIpc) is 2.84. The molecule has 0 aliphatic carbocycles. The maximum Gasteiger partial charge on any atom is 0.306 e. The van der Waals surface area contributed by atoms with Crippen LogP contribution in [0.1, 0.15) is 41.3 Å². The van der Waals surface area contributed by atoms with Crippen molar-refractivity contribution < 1.29 is 29.3 Å². The number of hydrogen-bond donors (Lipinski definition) is 3. The molecule has 0 aliphatic heterocycles. The van der Waals surface area contributed by atoms with Gasteiger partial charge in [-0.15, -0.1) is 0 Å². The lowest BCUT2D eigenvalue weighted by Crippen LogP contribution is -2.24. The lowest BCUT2D eigenvalue weighted by Gasteiger charge is -2.14. The van der Waals surface area contributed by atoms with Crippen molar-refractivity contribution in [2.24, 2.45) is 5.92 Å². The lowest BCUT2D eigenvalue weighted by molar-refractivity contribution is -0.141. The molecule has 0 radical (unpaired) electrons. The molecule has 3 rings (SSSR count). The van der Waals surface area contributed by atoms with Gasteiger partial charge in [-0.3, -0.25) is 9.59 Å². The van der Waals surface area contributed by atoms with Crippen molar-refractivity contribution in [2.45, 2.75) is 32.7 Å². The topological polar surface area (TPSA) is 105 Å². The van der Waals surface area contributed by atoms with Gasteiger partial charge in [0.2, 0.25) is 0 Å². The fraction of sp³-hybridized carbons (Fsp3) is 0.259. The number of aliphatic carboxylic acids is 1. The molecule has 0 unspecified atom stereocenters. The number of benzene rings is 3. The summed E-state index contributed by atoms with van der Waals surface area (Å²) in [5, 5.41) is 21.7. The van der Waals surface area contributed by atoms with Crippen LogP contribution in [0.25, 0.3) is 0 Å². The number of amides is 1. The molecule has 3 aromatic carbocycles. The Bertz CT molecular complexity index is 1110. The molecule has 7 heteroatoms. The molecule has 0 aliphatic rings. The third-order valence-electron chi connectivity index (χ3n) is 5.43. The molecule has 0 saturated heterocycles. The van der Waals surface area contributed by atoms with Gasteiger partial charge >= 0.3 is 5.97 Å². The van der Waals surface area contributed by atoms with E-state index in [0.717, 1.165) is 17.5 Å². The Balaban J connectivity index is 1.64. The number of ether oxygens (including phenoxy) is 2. The zero-order valence-corrected chi connectivity index (χ0v) is 19.3. The van der Waals surface area contributed by atoms with Gasteiger partial charge in [-0.1, -0.05) is 31.5 Å². The Morgan fingerprint density at radius 3 is 2.15 bits per heavy atom. The Kier molecular flexibility index (Phi) is 8.51. The number of carboxylic acid groups (broad SMARTS) is 1. The Hall–Kier alpha value is -4.00. The Morgan fingerprint density at radius 2 is 1.56 bits per heavy atom. The van der Waals surface area contributed by atoms with Crippen molar-refractivity contribution in [3.8, 4) is 23.0 Å².